The fourth-order valence-electron chi connectivity index (χ4n) is 2.89. The highest BCUT2D eigenvalue weighted by Gasteiger charge is 2.26. The maximum absolute atomic E-state index is 4.38. The number of halogens is 1. The zero-order valence-electron chi connectivity index (χ0n) is 12.9. The number of likely N-dealkylation sites (tertiary alicyclic amines) is 1. The first-order chi connectivity index (χ1) is 10.6. The number of pyridine rings is 1. The third kappa shape index (κ3) is 3.62. The van der Waals surface area contributed by atoms with Crippen molar-refractivity contribution >= 4 is 21.7 Å². The van der Waals surface area contributed by atoms with E-state index in [1.165, 1.54) is 5.56 Å². The van der Waals surface area contributed by atoms with Gasteiger partial charge in [0.25, 0.3) is 0 Å². The molecule has 116 valence electrons. The topological polar surface area (TPSA) is 45.2 Å². The zero-order valence-corrected chi connectivity index (χ0v) is 14.5. The summed E-state index contributed by atoms with van der Waals surface area (Å²) >= 11 is 3.48. The summed E-state index contributed by atoms with van der Waals surface area (Å²) in [6.45, 7) is 5.09. The van der Waals surface area contributed by atoms with E-state index in [2.05, 4.69) is 53.8 Å². The molecule has 6 heteroatoms. The summed E-state index contributed by atoms with van der Waals surface area (Å²) in [5, 5.41) is 0. The lowest BCUT2D eigenvalue weighted by atomic mass is 10.2. The minimum absolute atomic E-state index is 0.495. The average Bonchev–Trinajstić information content (AvgIpc) is 2.95. The highest BCUT2D eigenvalue weighted by molar-refractivity contribution is 9.10. The van der Waals surface area contributed by atoms with E-state index in [4.69, 9.17) is 0 Å². The quantitative estimate of drug-likeness (QED) is 0.837. The molecule has 1 aliphatic rings. The van der Waals surface area contributed by atoms with Gasteiger partial charge in [-0.15, -0.1) is 0 Å². The SMILES string of the molecule is Cc1cc(N(C)C2CCN(Cc3cncc(Br)c3)C2)ncn1. The first kappa shape index (κ1) is 15.4. The van der Waals surface area contributed by atoms with Crippen LogP contribution in [0.4, 0.5) is 5.82 Å². The Bertz CT molecular complexity index is 648. The number of nitrogens with zero attached hydrogens (tertiary/aromatic N) is 5. The molecule has 2 aromatic heterocycles. The molecule has 0 bridgehead atoms. The van der Waals surface area contributed by atoms with E-state index < -0.39 is 0 Å². The van der Waals surface area contributed by atoms with Crippen molar-refractivity contribution in [1.82, 2.24) is 19.9 Å². The molecule has 1 atom stereocenters. The van der Waals surface area contributed by atoms with Gasteiger partial charge in [0.1, 0.15) is 12.1 Å². The average molecular weight is 362 g/mol. The van der Waals surface area contributed by atoms with Gasteiger partial charge in [0.05, 0.1) is 0 Å². The minimum atomic E-state index is 0.495. The number of hydrogen-bond donors (Lipinski definition) is 0. The van der Waals surface area contributed by atoms with Crippen molar-refractivity contribution in [3.63, 3.8) is 0 Å². The summed E-state index contributed by atoms with van der Waals surface area (Å²) in [7, 11) is 2.12. The van der Waals surface area contributed by atoms with Gasteiger partial charge in [-0.05, 0) is 40.9 Å². The predicted octanol–water partition coefficient (Wildman–Crippen LogP) is 2.65. The van der Waals surface area contributed by atoms with Crippen LogP contribution in [0.3, 0.4) is 0 Å². The van der Waals surface area contributed by atoms with Gasteiger partial charge >= 0.3 is 0 Å². The smallest absolute Gasteiger partial charge is 0.132 e. The summed E-state index contributed by atoms with van der Waals surface area (Å²) in [5.41, 5.74) is 2.25. The van der Waals surface area contributed by atoms with Crippen molar-refractivity contribution < 1.29 is 0 Å². The molecule has 3 heterocycles. The molecule has 1 fully saturated rings. The molecule has 1 saturated heterocycles. The van der Waals surface area contributed by atoms with Crippen LogP contribution in [0.5, 0.6) is 0 Å². The second-order valence-electron chi connectivity index (χ2n) is 5.82. The van der Waals surface area contributed by atoms with Gasteiger partial charge in [-0.2, -0.15) is 0 Å². The van der Waals surface area contributed by atoms with Crippen LogP contribution in [-0.4, -0.2) is 46.0 Å². The molecule has 0 N–H and O–H groups in total. The van der Waals surface area contributed by atoms with Gasteiger partial charge in [0.15, 0.2) is 0 Å². The second-order valence-corrected chi connectivity index (χ2v) is 6.73. The molecule has 0 aliphatic carbocycles. The van der Waals surface area contributed by atoms with Crippen molar-refractivity contribution in [2.24, 2.45) is 0 Å². The van der Waals surface area contributed by atoms with Crippen LogP contribution >= 0.6 is 15.9 Å². The van der Waals surface area contributed by atoms with Crippen molar-refractivity contribution in [3.05, 3.63) is 46.6 Å². The van der Waals surface area contributed by atoms with Crippen molar-refractivity contribution in [2.45, 2.75) is 25.9 Å². The molecule has 1 unspecified atom stereocenters. The van der Waals surface area contributed by atoms with E-state index in [0.717, 1.165) is 42.0 Å². The largest absolute Gasteiger partial charge is 0.355 e. The highest BCUT2D eigenvalue weighted by atomic mass is 79.9. The number of likely N-dealkylation sites (N-methyl/N-ethyl adjacent to an activating group) is 1. The van der Waals surface area contributed by atoms with Crippen LogP contribution in [0.15, 0.2) is 35.3 Å². The lowest BCUT2D eigenvalue weighted by Crippen LogP contribution is -2.35. The minimum Gasteiger partial charge on any atom is -0.355 e. The first-order valence-corrected chi connectivity index (χ1v) is 8.24. The van der Waals surface area contributed by atoms with E-state index in [1.54, 1.807) is 6.33 Å². The molecular formula is C16H20BrN5. The number of anilines is 1. The fraction of sp³-hybridized carbons (Fsp3) is 0.438. The maximum Gasteiger partial charge on any atom is 0.132 e. The molecule has 0 radical (unpaired) electrons. The van der Waals surface area contributed by atoms with E-state index >= 15 is 0 Å². The van der Waals surface area contributed by atoms with E-state index in [1.807, 2.05) is 25.4 Å². The molecule has 5 nitrogen and oxygen atoms in total. The van der Waals surface area contributed by atoms with Gasteiger partial charge in [0, 0.05) is 61.4 Å². The second kappa shape index (κ2) is 6.71. The molecule has 0 aromatic carbocycles. The van der Waals surface area contributed by atoms with Gasteiger partial charge in [-0.25, -0.2) is 9.97 Å². The normalized spacial score (nSPS) is 18.6. The van der Waals surface area contributed by atoms with E-state index in [-0.39, 0.29) is 0 Å². The summed E-state index contributed by atoms with van der Waals surface area (Å²) < 4.78 is 1.04. The number of aryl methyl sites for hydroxylation is 1. The van der Waals surface area contributed by atoms with Gasteiger partial charge in [0.2, 0.25) is 0 Å². The fourth-order valence-corrected chi connectivity index (χ4v) is 3.31. The molecule has 0 saturated carbocycles. The standard InChI is InChI=1S/C16H20BrN5/c1-12-5-16(20-11-19-12)21(2)15-3-4-22(10-15)9-13-6-14(17)8-18-7-13/h5-8,11,15H,3-4,9-10H2,1-2H3. The summed E-state index contributed by atoms with van der Waals surface area (Å²) in [6, 6.07) is 4.67. The monoisotopic (exact) mass is 361 g/mol. The Morgan fingerprint density at radius 1 is 1.32 bits per heavy atom. The number of hydrogen-bond acceptors (Lipinski definition) is 5. The summed E-state index contributed by atoms with van der Waals surface area (Å²) in [6.07, 6.45) is 6.55. The number of rotatable bonds is 4. The van der Waals surface area contributed by atoms with Gasteiger partial charge in [-0.1, -0.05) is 0 Å². The Morgan fingerprint density at radius 2 is 2.18 bits per heavy atom. The Labute approximate surface area is 139 Å². The Morgan fingerprint density at radius 3 is 2.95 bits per heavy atom. The third-order valence-corrected chi connectivity index (χ3v) is 4.55. The van der Waals surface area contributed by atoms with Crippen LogP contribution in [-0.2, 0) is 6.54 Å². The van der Waals surface area contributed by atoms with Crippen molar-refractivity contribution in [1.29, 1.82) is 0 Å². The first-order valence-electron chi connectivity index (χ1n) is 7.45. The Kier molecular flexibility index (Phi) is 4.69. The Balaban J connectivity index is 1.62. The third-order valence-electron chi connectivity index (χ3n) is 4.11. The van der Waals surface area contributed by atoms with E-state index in [0.29, 0.717) is 6.04 Å². The van der Waals surface area contributed by atoms with Gasteiger partial charge in [-0.3, -0.25) is 9.88 Å². The molecule has 3 rings (SSSR count). The molecule has 2 aromatic rings. The maximum atomic E-state index is 4.38. The number of aromatic nitrogens is 3. The summed E-state index contributed by atoms with van der Waals surface area (Å²) in [4.78, 5) is 17.5. The molecule has 0 amide bonds. The predicted molar refractivity (Wildman–Crippen MR) is 90.8 cm³/mol. The zero-order chi connectivity index (χ0) is 15.5. The molecule has 1 aliphatic heterocycles. The molecule has 0 spiro atoms. The molecular weight excluding hydrogens is 342 g/mol. The Hall–Kier alpha value is -1.53. The van der Waals surface area contributed by atoms with Crippen LogP contribution in [0.25, 0.3) is 0 Å². The van der Waals surface area contributed by atoms with Crippen LogP contribution in [0, 0.1) is 6.92 Å². The summed E-state index contributed by atoms with van der Waals surface area (Å²) in [5.74, 6) is 1.00. The van der Waals surface area contributed by atoms with Crippen LogP contribution in [0.1, 0.15) is 17.7 Å². The van der Waals surface area contributed by atoms with Crippen LogP contribution < -0.4 is 4.90 Å². The van der Waals surface area contributed by atoms with Crippen molar-refractivity contribution in [3.8, 4) is 0 Å². The van der Waals surface area contributed by atoms with Crippen LogP contribution in [0.2, 0.25) is 0 Å². The van der Waals surface area contributed by atoms with Gasteiger partial charge < -0.3 is 4.90 Å². The molecule has 22 heavy (non-hydrogen) atoms. The van der Waals surface area contributed by atoms with E-state index in [9.17, 15) is 0 Å². The highest BCUT2D eigenvalue weighted by Crippen LogP contribution is 2.21. The van der Waals surface area contributed by atoms with Crippen molar-refractivity contribution in [2.75, 3.05) is 25.0 Å². The lowest BCUT2D eigenvalue weighted by Gasteiger charge is -2.26. The lowest BCUT2D eigenvalue weighted by molar-refractivity contribution is 0.325.